The molecule has 24 heavy (non-hydrogen) atoms. The smallest absolute Gasteiger partial charge is 0.289 e. The van der Waals surface area contributed by atoms with Crippen molar-refractivity contribution < 1.29 is 18.5 Å². The van der Waals surface area contributed by atoms with Gasteiger partial charge in [0, 0.05) is 13.1 Å². The summed E-state index contributed by atoms with van der Waals surface area (Å²) in [5, 5.41) is 3.84. The molecule has 0 saturated carbocycles. The van der Waals surface area contributed by atoms with Gasteiger partial charge in [-0.3, -0.25) is 4.79 Å². The van der Waals surface area contributed by atoms with E-state index in [-0.39, 0.29) is 17.6 Å². The fourth-order valence-corrected chi connectivity index (χ4v) is 3.62. The normalized spacial score (nSPS) is 23.1. The van der Waals surface area contributed by atoms with E-state index in [9.17, 15) is 4.79 Å². The molecule has 4 rings (SSSR count). The van der Waals surface area contributed by atoms with E-state index in [1.165, 1.54) is 0 Å². The van der Waals surface area contributed by atoms with Gasteiger partial charge in [0.25, 0.3) is 11.8 Å². The van der Waals surface area contributed by atoms with E-state index in [2.05, 4.69) is 10.1 Å². The number of aromatic nitrogens is 2. The number of furan rings is 1. The first-order valence-electron chi connectivity index (χ1n) is 8.38. The van der Waals surface area contributed by atoms with Crippen LogP contribution < -0.4 is 0 Å². The van der Waals surface area contributed by atoms with E-state index >= 15 is 0 Å². The highest BCUT2D eigenvalue weighted by molar-refractivity contribution is 5.91. The molecule has 0 aliphatic carbocycles. The van der Waals surface area contributed by atoms with Gasteiger partial charge in [0.05, 0.1) is 5.60 Å². The van der Waals surface area contributed by atoms with Gasteiger partial charge in [0.15, 0.2) is 11.6 Å². The quantitative estimate of drug-likeness (QED) is 0.841. The summed E-state index contributed by atoms with van der Waals surface area (Å²) in [6, 6.07) is 3.55. The molecule has 1 spiro atoms. The zero-order valence-electron chi connectivity index (χ0n) is 13.9. The summed E-state index contributed by atoms with van der Waals surface area (Å²) in [5.74, 6) is 2.32. The molecule has 2 aromatic heterocycles. The maximum atomic E-state index is 12.5. The van der Waals surface area contributed by atoms with Crippen LogP contribution in [-0.4, -0.2) is 39.6 Å². The second-order valence-electron chi connectivity index (χ2n) is 6.71. The van der Waals surface area contributed by atoms with Crippen molar-refractivity contribution >= 4 is 5.91 Å². The van der Waals surface area contributed by atoms with Crippen LogP contribution in [0.3, 0.4) is 0 Å². The molecule has 0 aromatic carbocycles. The summed E-state index contributed by atoms with van der Waals surface area (Å²) in [6.45, 7) is 4.99. The molecule has 2 aromatic rings. The maximum Gasteiger partial charge on any atom is 0.289 e. The number of rotatable bonds is 2. The van der Waals surface area contributed by atoms with E-state index < -0.39 is 0 Å². The van der Waals surface area contributed by atoms with Gasteiger partial charge in [0.2, 0.25) is 0 Å². The molecule has 1 atom stereocenters. The molecule has 1 amide bonds. The van der Waals surface area contributed by atoms with E-state index in [4.69, 9.17) is 13.7 Å². The molecule has 0 unspecified atom stereocenters. The van der Waals surface area contributed by atoms with Crippen molar-refractivity contribution in [2.45, 2.75) is 51.2 Å². The van der Waals surface area contributed by atoms with Crippen molar-refractivity contribution in [3.8, 4) is 0 Å². The lowest BCUT2D eigenvalue weighted by Gasteiger charge is -2.38. The molecular weight excluding hydrogens is 310 g/mol. The molecule has 4 heterocycles. The fourth-order valence-electron chi connectivity index (χ4n) is 3.62. The van der Waals surface area contributed by atoms with Gasteiger partial charge in [-0.05, 0) is 51.7 Å². The summed E-state index contributed by atoms with van der Waals surface area (Å²) in [4.78, 5) is 18.6. The van der Waals surface area contributed by atoms with Gasteiger partial charge in [-0.2, -0.15) is 4.98 Å². The molecule has 2 aliphatic heterocycles. The number of ether oxygens (including phenoxy) is 1. The van der Waals surface area contributed by atoms with Crippen molar-refractivity contribution in [2.75, 3.05) is 13.1 Å². The molecule has 2 aliphatic rings. The van der Waals surface area contributed by atoms with Gasteiger partial charge in [-0.15, -0.1) is 0 Å². The molecule has 2 fully saturated rings. The first-order chi connectivity index (χ1) is 11.5. The number of hydrogen-bond acceptors (Lipinski definition) is 6. The lowest BCUT2D eigenvalue weighted by atomic mass is 9.88. The predicted molar refractivity (Wildman–Crippen MR) is 83.4 cm³/mol. The lowest BCUT2D eigenvalue weighted by Crippen LogP contribution is -2.46. The van der Waals surface area contributed by atoms with Gasteiger partial charge in [-0.1, -0.05) is 5.16 Å². The van der Waals surface area contributed by atoms with Crippen molar-refractivity contribution in [2.24, 2.45) is 0 Å². The topological polar surface area (TPSA) is 81.6 Å². The molecule has 7 heteroatoms. The van der Waals surface area contributed by atoms with Crippen LogP contribution in [0.25, 0.3) is 0 Å². The van der Waals surface area contributed by atoms with Crippen LogP contribution in [0.15, 0.2) is 21.1 Å². The van der Waals surface area contributed by atoms with E-state index in [0.717, 1.165) is 31.4 Å². The van der Waals surface area contributed by atoms with E-state index in [1.54, 1.807) is 13.0 Å². The highest BCUT2D eigenvalue weighted by atomic mass is 16.5. The Morgan fingerprint density at radius 2 is 2.04 bits per heavy atom. The summed E-state index contributed by atoms with van der Waals surface area (Å²) in [6.07, 6.45) is 3.36. The second kappa shape index (κ2) is 5.73. The summed E-state index contributed by atoms with van der Waals surface area (Å²) in [7, 11) is 0. The summed E-state index contributed by atoms with van der Waals surface area (Å²) >= 11 is 0. The molecule has 0 N–H and O–H groups in total. The number of nitrogens with zero attached hydrogens (tertiary/aromatic N) is 3. The molecule has 7 nitrogen and oxygen atoms in total. The first kappa shape index (κ1) is 15.4. The largest absolute Gasteiger partial charge is 0.456 e. The number of aryl methyl sites for hydroxylation is 2. The van der Waals surface area contributed by atoms with Crippen molar-refractivity contribution in [1.29, 1.82) is 0 Å². The monoisotopic (exact) mass is 331 g/mol. The third-order valence-corrected chi connectivity index (χ3v) is 4.99. The third kappa shape index (κ3) is 2.73. The Hall–Kier alpha value is -2.15. The first-order valence-corrected chi connectivity index (χ1v) is 8.38. The second-order valence-corrected chi connectivity index (χ2v) is 6.71. The van der Waals surface area contributed by atoms with Crippen LogP contribution in [-0.2, 0) is 4.74 Å². The fraction of sp³-hybridized carbons (Fsp3) is 0.588. The Kier molecular flexibility index (Phi) is 3.68. The Bertz CT molecular complexity index is 743. The zero-order valence-corrected chi connectivity index (χ0v) is 13.9. The third-order valence-electron chi connectivity index (χ3n) is 4.99. The number of hydrogen-bond donors (Lipinski definition) is 0. The predicted octanol–water partition coefficient (Wildman–Crippen LogP) is 2.81. The highest BCUT2D eigenvalue weighted by Crippen LogP contribution is 2.44. The number of amides is 1. The van der Waals surface area contributed by atoms with Crippen molar-refractivity contribution in [3.63, 3.8) is 0 Å². The summed E-state index contributed by atoms with van der Waals surface area (Å²) < 4.78 is 17.0. The molecule has 128 valence electrons. The van der Waals surface area contributed by atoms with Crippen LogP contribution in [0, 0.1) is 13.8 Å². The van der Waals surface area contributed by atoms with Crippen LogP contribution in [0.5, 0.6) is 0 Å². The minimum absolute atomic E-state index is 0.0416. The maximum absolute atomic E-state index is 12.5. The Morgan fingerprint density at radius 1 is 1.25 bits per heavy atom. The van der Waals surface area contributed by atoms with E-state index in [0.29, 0.717) is 30.6 Å². The lowest BCUT2D eigenvalue weighted by molar-refractivity contribution is -0.0822. The van der Waals surface area contributed by atoms with Gasteiger partial charge in [-0.25, -0.2) is 0 Å². The van der Waals surface area contributed by atoms with Gasteiger partial charge < -0.3 is 18.6 Å². The van der Waals surface area contributed by atoms with Crippen molar-refractivity contribution in [1.82, 2.24) is 15.0 Å². The average molecular weight is 331 g/mol. The van der Waals surface area contributed by atoms with Crippen LogP contribution in [0.2, 0.25) is 0 Å². The van der Waals surface area contributed by atoms with E-state index in [1.807, 2.05) is 17.9 Å². The molecule has 2 saturated heterocycles. The van der Waals surface area contributed by atoms with Crippen molar-refractivity contribution in [3.05, 3.63) is 35.4 Å². The molecule has 0 radical (unpaired) electrons. The standard InChI is InChI=1S/C17H21N3O4/c1-11-3-4-14(22-11)16(21)20-9-7-17(8-10-20)6-5-13(23-17)15-18-12(2)19-24-15/h3-4,13H,5-10H2,1-2H3/t13-/m1/s1. The number of carbonyl (C=O) groups is 1. The van der Waals surface area contributed by atoms with Gasteiger partial charge in [0.1, 0.15) is 11.9 Å². The minimum atomic E-state index is -0.178. The number of piperidine rings is 1. The molecule has 0 bridgehead atoms. The SMILES string of the molecule is Cc1noc([C@H]2CCC3(CCN(C(=O)c4ccc(C)o4)CC3)O2)n1. The van der Waals surface area contributed by atoms with Crippen LogP contribution in [0.4, 0.5) is 0 Å². The highest BCUT2D eigenvalue weighted by Gasteiger charge is 2.45. The van der Waals surface area contributed by atoms with Crippen LogP contribution >= 0.6 is 0 Å². The number of carbonyl (C=O) groups excluding carboxylic acids is 1. The Morgan fingerprint density at radius 3 is 2.67 bits per heavy atom. The van der Waals surface area contributed by atoms with Crippen LogP contribution in [0.1, 0.15) is 59.8 Å². The van der Waals surface area contributed by atoms with Gasteiger partial charge >= 0.3 is 0 Å². The average Bonchev–Trinajstić information content (AvgIpc) is 3.28. The Labute approximate surface area is 140 Å². The summed E-state index contributed by atoms with van der Waals surface area (Å²) in [5.41, 5.74) is -0.178. The number of likely N-dealkylation sites (tertiary alicyclic amines) is 1. The molecular formula is C17H21N3O4. The minimum Gasteiger partial charge on any atom is -0.456 e. The zero-order chi connectivity index (χ0) is 16.7. The Balaban J connectivity index is 1.38.